The van der Waals surface area contributed by atoms with Crippen LogP contribution in [0.3, 0.4) is 0 Å². The smallest absolute Gasteiger partial charge is 0.352 e. The van der Waals surface area contributed by atoms with Crippen LogP contribution in [0.1, 0.15) is 50.7 Å². The van der Waals surface area contributed by atoms with Gasteiger partial charge >= 0.3 is 6.18 Å². The molecule has 2 atom stereocenters. The summed E-state index contributed by atoms with van der Waals surface area (Å²) in [6.07, 6.45) is -3.46. The number of rotatable bonds is 7. The second-order valence-electron chi connectivity index (χ2n) is 6.36. The van der Waals surface area contributed by atoms with Crippen molar-refractivity contribution in [2.45, 2.75) is 51.7 Å². The molecule has 0 aliphatic carbocycles. The van der Waals surface area contributed by atoms with Crippen molar-refractivity contribution >= 4 is 5.91 Å². The predicted molar refractivity (Wildman–Crippen MR) is 84.9 cm³/mol. The number of hydrogen-bond donors (Lipinski definition) is 2. The number of alkyl halides is 3. The average Bonchev–Trinajstić information content (AvgIpc) is 2.45. The SMILES string of the molecule is CC(C)CC(CN)NC(=O)CC(C)c1cccc(C(F)(F)F)c1. The van der Waals surface area contributed by atoms with Crippen molar-refractivity contribution in [3.63, 3.8) is 0 Å². The van der Waals surface area contributed by atoms with Crippen molar-refractivity contribution in [1.29, 1.82) is 0 Å². The van der Waals surface area contributed by atoms with Crippen molar-refractivity contribution in [3.05, 3.63) is 35.4 Å². The third kappa shape index (κ3) is 6.60. The van der Waals surface area contributed by atoms with Gasteiger partial charge in [-0.05, 0) is 29.9 Å². The first kappa shape index (κ1) is 19.5. The van der Waals surface area contributed by atoms with Crippen molar-refractivity contribution in [3.8, 4) is 0 Å². The van der Waals surface area contributed by atoms with Crippen LogP contribution in [0.4, 0.5) is 13.2 Å². The third-order valence-corrected chi connectivity index (χ3v) is 3.68. The highest BCUT2D eigenvalue weighted by Crippen LogP contribution is 2.31. The van der Waals surface area contributed by atoms with Crippen LogP contribution in [0.2, 0.25) is 0 Å². The summed E-state index contributed by atoms with van der Waals surface area (Å²) < 4.78 is 38.2. The van der Waals surface area contributed by atoms with E-state index >= 15 is 0 Å². The maximum Gasteiger partial charge on any atom is 0.416 e. The summed E-state index contributed by atoms with van der Waals surface area (Å²) in [5.41, 5.74) is 5.45. The first-order valence-electron chi connectivity index (χ1n) is 7.80. The molecule has 0 aliphatic rings. The molecule has 0 bridgehead atoms. The Balaban J connectivity index is 2.68. The molecule has 3 nitrogen and oxygen atoms in total. The fraction of sp³-hybridized carbons (Fsp3) is 0.588. The van der Waals surface area contributed by atoms with Gasteiger partial charge in [-0.3, -0.25) is 4.79 Å². The summed E-state index contributed by atoms with van der Waals surface area (Å²) >= 11 is 0. The van der Waals surface area contributed by atoms with E-state index in [0.717, 1.165) is 18.6 Å². The minimum absolute atomic E-state index is 0.101. The number of hydrogen-bond acceptors (Lipinski definition) is 2. The maximum atomic E-state index is 12.7. The Bertz CT molecular complexity index is 515. The van der Waals surface area contributed by atoms with E-state index < -0.39 is 11.7 Å². The quantitative estimate of drug-likeness (QED) is 0.801. The Hall–Kier alpha value is -1.56. The Morgan fingerprint density at radius 3 is 2.43 bits per heavy atom. The van der Waals surface area contributed by atoms with E-state index in [4.69, 9.17) is 5.73 Å². The maximum absolute atomic E-state index is 12.7. The van der Waals surface area contributed by atoms with E-state index in [9.17, 15) is 18.0 Å². The highest BCUT2D eigenvalue weighted by atomic mass is 19.4. The minimum Gasteiger partial charge on any atom is -0.352 e. The van der Waals surface area contributed by atoms with Gasteiger partial charge in [0.25, 0.3) is 0 Å². The molecule has 3 N–H and O–H groups in total. The van der Waals surface area contributed by atoms with Gasteiger partial charge in [0, 0.05) is 19.0 Å². The van der Waals surface area contributed by atoms with Crippen LogP contribution in [0.15, 0.2) is 24.3 Å². The summed E-state index contributed by atoms with van der Waals surface area (Å²) in [6, 6.07) is 5.02. The molecule has 1 amide bonds. The average molecular weight is 330 g/mol. The lowest BCUT2D eigenvalue weighted by molar-refractivity contribution is -0.137. The lowest BCUT2D eigenvalue weighted by Crippen LogP contribution is -2.41. The summed E-state index contributed by atoms with van der Waals surface area (Å²) in [5, 5.41) is 2.86. The summed E-state index contributed by atoms with van der Waals surface area (Å²) in [7, 11) is 0. The molecule has 2 unspecified atom stereocenters. The van der Waals surface area contributed by atoms with Gasteiger partial charge in [0.15, 0.2) is 0 Å². The second kappa shape index (κ2) is 8.34. The van der Waals surface area contributed by atoms with Crippen molar-refractivity contribution in [1.82, 2.24) is 5.32 Å². The van der Waals surface area contributed by atoms with E-state index in [1.165, 1.54) is 6.07 Å². The standard InChI is InChI=1S/C17H25F3N2O/c1-11(2)7-15(10-21)22-16(23)8-12(3)13-5-4-6-14(9-13)17(18,19)20/h4-6,9,11-12,15H,7-8,10,21H2,1-3H3,(H,22,23). The van der Waals surface area contributed by atoms with E-state index in [0.29, 0.717) is 18.0 Å². The summed E-state index contributed by atoms with van der Waals surface area (Å²) in [6.45, 7) is 6.18. The molecule has 1 aromatic rings. The molecule has 6 heteroatoms. The monoisotopic (exact) mass is 330 g/mol. The Morgan fingerprint density at radius 1 is 1.26 bits per heavy atom. The Morgan fingerprint density at radius 2 is 1.91 bits per heavy atom. The van der Waals surface area contributed by atoms with Crippen LogP contribution in [0, 0.1) is 5.92 Å². The Kier molecular flexibility index (Phi) is 7.06. The number of carbonyl (C=O) groups is 1. The molecule has 0 saturated heterocycles. The lowest BCUT2D eigenvalue weighted by atomic mass is 9.95. The first-order chi connectivity index (χ1) is 10.6. The fourth-order valence-corrected chi connectivity index (χ4v) is 2.49. The van der Waals surface area contributed by atoms with Crippen LogP contribution >= 0.6 is 0 Å². The van der Waals surface area contributed by atoms with Gasteiger partial charge in [0.05, 0.1) is 5.56 Å². The van der Waals surface area contributed by atoms with E-state index in [1.807, 2.05) is 13.8 Å². The van der Waals surface area contributed by atoms with Crippen LogP contribution in [-0.4, -0.2) is 18.5 Å². The molecule has 0 radical (unpaired) electrons. The van der Waals surface area contributed by atoms with E-state index in [2.05, 4.69) is 5.32 Å². The summed E-state index contributed by atoms with van der Waals surface area (Å²) in [4.78, 5) is 12.1. The van der Waals surface area contributed by atoms with Crippen LogP contribution in [0.5, 0.6) is 0 Å². The number of nitrogens with two attached hydrogens (primary N) is 1. The van der Waals surface area contributed by atoms with Gasteiger partial charge in [-0.1, -0.05) is 39.0 Å². The second-order valence-corrected chi connectivity index (χ2v) is 6.36. The molecule has 0 fully saturated rings. The van der Waals surface area contributed by atoms with Gasteiger partial charge in [0.2, 0.25) is 5.91 Å². The number of amides is 1. The zero-order chi connectivity index (χ0) is 17.6. The third-order valence-electron chi connectivity index (χ3n) is 3.68. The molecule has 0 heterocycles. The first-order valence-corrected chi connectivity index (χ1v) is 7.80. The van der Waals surface area contributed by atoms with Gasteiger partial charge in [-0.25, -0.2) is 0 Å². The number of carbonyl (C=O) groups excluding carboxylic acids is 1. The molecule has 0 aromatic heterocycles. The summed E-state index contributed by atoms with van der Waals surface area (Å²) in [5.74, 6) is -0.0782. The van der Waals surface area contributed by atoms with Gasteiger partial charge in [0.1, 0.15) is 0 Å². The predicted octanol–water partition coefficient (Wildman–Crippen LogP) is 3.69. The molecule has 0 saturated carbocycles. The van der Waals surface area contributed by atoms with Gasteiger partial charge < -0.3 is 11.1 Å². The van der Waals surface area contributed by atoms with Crippen molar-refractivity contribution in [2.75, 3.05) is 6.54 Å². The lowest BCUT2D eigenvalue weighted by Gasteiger charge is -2.20. The highest BCUT2D eigenvalue weighted by molar-refractivity contribution is 5.77. The van der Waals surface area contributed by atoms with E-state index in [-0.39, 0.29) is 24.3 Å². The zero-order valence-corrected chi connectivity index (χ0v) is 13.8. The van der Waals surface area contributed by atoms with Crippen LogP contribution in [-0.2, 0) is 11.0 Å². The molecular weight excluding hydrogens is 305 g/mol. The fourth-order valence-electron chi connectivity index (χ4n) is 2.49. The minimum atomic E-state index is -4.38. The molecule has 1 rings (SSSR count). The van der Waals surface area contributed by atoms with Crippen molar-refractivity contribution in [2.24, 2.45) is 11.7 Å². The van der Waals surface area contributed by atoms with E-state index in [1.54, 1.807) is 13.0 Å². The molecule has 23 heavy (non-hydrogen) atoms. The van der Waals surface area contributed by atoms with Gasteiger partial charge in [-0.2, -0.15) is 13.2 Å². The largest absolute Gasteiger partial charge is 0.416 e. The Labute approximate surface area is 135 Å². The number of nitrogens with one attached hydrogen (secondary N) is 1. The number of halogens is 3. The molecule has 0 aliphatic heterocycles. The molecule has 1 aromatic carbocycles. The van der Waals surface area contributed by atoms with Gasteiger partial charge in [-0.15, -0.1) is 0 Å². The number of benzene rings is 1. The highest BCUT2D eigenvalue weighted by Gasteiger charge is 2.30. The molecule has 0 spiro atoms. The topological polar surface area (TPSA) is 55.1 Å². The molecule has 130 valence electrons. The zero-order valence-electron chi connectivity index (χ0n) is 13.8. The molecular formula is C17H25F3N2O. The van der Waals surface area contributed by atoms with Crippen LogP contribution < -0.4 is 11.1 Å². The normalized spacial score (nSPS) is 14.6. The van der Waals surface area contributed by atoms with Crippen LogP contribution in [0.25, 0.3) is 0 Å². The van der Waals surface area contributed by atoms with Crippen molar-refractivity contribution < 1.29 is 18.0 Å².